The van der Waals surface area contributed by atoms with Crippen molar-refractivity contribution in [3.63, 3.8) is 0 Å². The van der Waals surface area contributed by atoms with Crippen LogP contribution in [0.5, 0.6) is 28.7 Å². The third-order valence-electron chi connectivity index (χ3n) is 4.91. The van der Waals surface area contributed by atoms with Gasteiger partial charge in [0.25, 0.3) is 0 Å². The lowest BCUT2D eigenvalue weighted by atomic mass is 10.1. The zero-order valence-electron chi connectivity index (χ0n) is 17.7. The summed E-state index contributed by atoms with van der Waals surface area (Å²) >= 11 is 0. The van der Waals surface area contributed by atoms with E-state index >= 15 is 0 Å². The Morgan fingerprint density at radius 1 is 0.839 bits per heavy atom. The first-order chi connectivity index (χ1) is 15.1. The number of ether oxygens (including phenoxy) is 4. The summed E-state index contributed by atoms with van der Waals surface area (Å²) in [4.78, 5) is 4.76. The van der Waals surface area contributed by atoms with Gasteiger partial charge in [-0.3, -0.25) is 4.40 Å². The number of nitrogens with one attached hydrogen (secondary N) is 1. The van der Waals surface area contributed by atoms with Crippen molar-refractivity contribution >= 4 is 17.2 Å². The first-order valence-corrected chi connectivity index (χ1v) is 9.51. The summed E-state index contributed by atoms with van der Waals surface area (Å²) in [5.41, 5.74) is 2.87. The molecule has 0 aliphatic heterocycles. The van der Waals surface area contributed by atoms with Crippen molar-refractivity contribution in [1.82, 2.24) is 9.38 Å². The first-order valence-electron chi connectivity index (χ1n) is 9.51. The third-order valence-corrected chi connectivity index (χ3v) is 4.91. The van der Waals surface area contributed by atoms with Gasteiger partial charge in [-0.1, -0.05) is 6.07 Å². The Morgan fingerprint density at radius 2 is 1.55 bits per heavy atom. The molecule has 0 saturated carbocycles. The Labute approximate surface area is 179 Å². The Balaban J connectivity index is 1.86. The maximum absolute atomic E-state index is 10.3. The van der Waals surface area contributed by atoms with Gasteiger partial charge in [-0.05, 0) is 30.3 Å². The van der Waals surface area contributed by atoms with Crippen molar-refractivity contribution in [2.45, 2.75) is 0 Å². The van der Waals surface area contributed by atoms with Crippen LogP contribution in [0.1, 0.15) is 0 Å². The van der Waals surface area contributed by atoms with Crippen LogP contribution in [0.3, 0.4) is 0 Å². The highest BCUT2D eigenvalue weighted by Crippen LogP contribution is 2.42. The number of anilines is 2. The zero-order chi connectivity index (χ0) is 22.0. The molecule has 0 amide bonds. The minimum Gasteiger partial charge on any atom is -0.504 e. The molecule has 2 heterocycles. The topological polar surface area (TPSA) is 86.5 Å². The van der Waals surface area contributed by atoms with Crippen LogP contribution in [0.25, 0.3) is 16.9 Å². The number of phenols is 1. The number of hydrogen-bond acceptors (Lipinski definition) is 7. The van der Waals surface area contributed by atoms with Crippen LogP contribution >= 0.6 is 0 Å². The van der Waals surface area contributed by atoms with E-state index in [1.54, 1.807) is 33.5 Å². The second kappa shape index (κ2) is 8.35. The van der Waals surface area contributed by atoms with E-state index in [1.807, 2.05) is 47.0 Å². The summed E-state index contributed by atoms with van der Waals surface area (Å²) in [7, 11) is 6.21. The Bertz CT molecular complexity index is 1210. The average Bonchev–Trinajstić information content (AvgIpc) is 3.16. The predicted octanol–water partition coefficient (Wildman–Crippen LogP) is 4.48. The molecule has 0 aliphatic rings. The number of aromatic nitrogens is 2. The van der Waals surface area contributed by atoms with Crippen molar-refractivity contribution in [2.24, 2.45) is 0 Å². The number of phenolic OH excluding ortho intramolecular Hbond substituents is 1. The van der Waals surface area contributed by atoms with E-state index in [9.17, 15) is 5.11 Å². The Kier molecular flexibility index (Phi) is 5.44. The van der Waals surface area contributed by atoms with E-state index in [0.29, 0.717) is 28.7 Å². The van der Waals surface area contributed by atoms with Gasteiger partial charge < -0.3 is 29.4 Å². The molecule has 2 aromatic carbocycles. The number of imidazole rings is 1. The molecule has 0 fully saturated rings. The van der Waals surface area contributed by atoms with E-state index in [0.717, 1.165) is 22.7 Å². The van der Waals surface area contributed by atoms with Crippen LogP contribution < -0.4 is 24.3 Å². The minimum absolute atomic E-state index is 0.0378. The molecule has 4 rings (SSSR count). The standard InChI is InChI=1S/C23H23N3O5/c1-28-17-9-8-14(11-16(17)27)21-23(26-10-6-5-7-20(26)25-21)24-15-12-18(29-2)22(31-4)19(13-15)30-3/h5-13,24,27H,1-4H3. The van der Waals surface area contributed by atoms with Crippen LogP contribution in [0.4, 0.5) is 11.5 Å². The van der Waals surface area contributed by atoms with E-state index in [1.165, 1.54) is 7.11 Å². The van der Waals surface area contributed by atoms with Gasteiger partial charge in [0, 0.05) is 29.6 Å². The quantitative estimate of drug-likeness (QED) is 0.455. The summed E-state index contributed by atoms with van der Waals surface area (Å²) in [5.74, 6) is 2.72. The molecule has 0 radical (unpaired) electrons. The van der Waals surface area contributed by atoms with Gasteiger partial charge in [0.1, 0.15) is 17.2 Å². The molecule has 0 aliphatic carbocycles. The van der Waals surface area contributed by atoms with Crippen LogP contribution in [-0.2, 0) is 0 Å². The molecule has 2 N–H and O–H groups in total. The highest BCUT2D eigenvalue weighted by atomic mass is 16.5. The van der Waals surface area contributed by atoms with Crippen molar-refractivity contribution < 1.29 is 24.1 Å². The van der Waals surface area contributed by atoms with Gasteiger partial charge in [-0.25, -0.2) is 4.98 Å². The largest absolute Gasteiger partial charge is 0.504 e. The normalized spacial score (nSPS) is 10.7. The molecule has 31 heavy (non-hydrogen) atoms. The van der Waals surface area contributed by atoms with E-state index in [4.69, 9.17) is 23.9 Å². The maximum Gasteiger partial charge on any atom is 0.203 e. The van der Waals surface area contributed by atoms with Gasteiger partial charge in [-0.15, -0.1) is 0 Å². The molecule has 160 valence electrons. The SMILES string of the molecule is COc1ccc(-c2nc3ccccn3c2Nc2cc(OC)c(OC)c(OC)c2)cc1O. The zero-order valence-corrected chi connectivity index (χ0v) is 17.7. The summed E-state index contributed by atoms with van der Waals surface area (Å²) in [6.07, 6.45) is 1.91. The van der Waals surface area contributed by atoms with E-state index < -0.39 is 0 Å². The first kappa shape index (κ1) is 20.2. The predicted molar refractivity (Wildman–Crippen MR) is 118 cm³/mol. The molecule has 0 atom stereocenters. The molecular formula is C23H23N3O5. The van der Waals surface area contributed by atoms with Crippen molar-refractivity contribution in [3.05, 3.63) is 54.7 Å². The van der Waals surface area contributed by atoms with Gasteiger partial charge in [-0.2, -0.15) is 0 Å². The summed E-state index contributed by atoms with van der Waals surface area (Å²) in [6.45, 7) is 0. The molecule has 0 unspecified atom stereocenters. The smallest absolute Gasteiger partial charge is 0.203 e. The van der Waals surface area contributed by atoms with Crippen molar-refractivity contribution in [2.75, 3.05) is 33.8 Å². The molecule has 0 spiro atoms. The Hall–Kier alpha value is -4.07. The highest BCUT2D eigenvalue weighted by Gasteiger charge is 2.18. The summed E-state index contributed by atoms with van der Waals surface area (Å²) < 4.78 is 23.4. The number of methoxy groups -OCH3 is 4. The fraction of sp³-hybridized carbons (Fsp3) is 0.174. The molecule has 4 aromatic rings. The number of aromatic hydroxyl groups is 1. The molecule has 0 bridgehead atoms. The van der Waals surface area contributed by atoms with Gasteiger partial charge in [0.05, 0.1) is 28.4 Å². The van der Waals surface area contributed by atoms with Crippen molar-refractivity contribution in [3.8, 4) is 40.0 Å². The maximum atomic E-state index is 10.3. The molecule has 8 nitrogen and oxygen atoms in total. The van der Waals surface area contributed by atoms with Crippen LogP contribution in [0.15, 0.2) is 54.7 Å². The van der Waals surface area contributed by atoms with Crippen LogP contribution in [0.2, 0.25) is 0 Å². The molecule has 8 heteroatoms. The summed E-state index contributed by atoms with van der Waals surface area (Å²) in [5, 5.41) is 13.7. The lowest BCUT2D eigenvalue weighted by Gasteiger charge is -2.15. The number of fused-ring (bicyclic) bond motifs is 1. The lowest BCUT2D eigenvalue weighted by molar-refractivity contribution is 0.324. The number of pyridine rings is 1. The van der Waals surface area contributed by atoms with E-state index in [-0.39, 0.29) is 5.75 Å². The number of rotatable bonds is 7. The minimum atomic E-state index is 0.0378. The fourth-order valence-corrected chi connectivity index (χ4v) is 3.44. The molecule has 0 saturated heterocycles. The second-order valence-electron chi connectivity index (χ2n) is 6.66. The number of benzene rings is 2. The third kappa shape index (κ3) is 3.63. The Morgan fingerprint density at radius 3 is 2.16 bits per heavy atom. The fourth-order valence-electron chi connectivity index (χ4n) is 3.44. The van der Waals surface area contributed by atoms with Gasteiger partial charge >= 0.3 is 0 Å². The van der Waals surface area contributed by atoms with Crippen LogP contribution in [-0.4, -0.2) is 42.9 Å². The average molecular weight is 421 g/mol. The van der Waals surface area contributed by atoms with Crippen LogP contribution in [0, 0.1) is 0 Å². The number of hydrogen-bond donors (Lipinski definition) is 2. The molecule has 2 aromatic heterocycles. The van der Waals surface area contributed by atoms with E-state index in [2.05, 4.69) is 5.32 Å². The molecular weight excluding hydrogens is 398 g/mol. The monoisotopic (exact) mass is 421 g/mol. The summed E-state index contributed by atoms with van der Waals surface area (Å²) in [6, 6.07) is 14.6. The second-order valence-corrected chi connectivity index (χ2v) is 6.66. The highest BCUT2D eigenvalue weighted by molar-refractivity contribution is 5.81. The number of nitrogens with zero attached hydrogens (tertiary/aromatic N) is 2. The van der Waals surface area contributed by atoms with Gasteiger partial charge in [0.15, 0.2) is 23.0 Å². The van der Waals surface area contributed by atoms with Crippen molar-refractivity contribution in [1.29, 1.82) is 0 Å². The lowest BCUT2D eigenvalue weighted by Crippen LogP contribution is -2.00. The van der Waals surface area contributed by atoms with Gasteiger partial charge in [0.2, 0.25) is 5.75 Å².